The predicted molar refractivity (Wildman–Crippen MR) is 67.4 cm³/mol. The number of anilines is 1. The van der Waals surface area contributed by atoms with Crippen LogP contribution in [-0.4, -0.2) is 19.0 Å². The second-order valence-corrected chi connectivity index (χ2v) is 4.33. The smallest absolute Gasteiger partial charge is 0.243 e. The molecule has 90 valence electrons. The molecule has 0 unspecified atom stereocenters. The van der Waals surface area contributed by atoms with Crippen molar-refractivity contribution in [3.63, 3.8) is 0 Å². The number of carbonyl (C=O) groups is 1. The lowest BCUT2D eigenvalue weighted by Gasteiger charge is -2.23. The van der Waals surface area contributed by atoms with E-state index in [-0.39, 0.29) is 11.8 Å². The van der Waals surface area contributed by atoms with Gasteiger partial charge in [0, 0.05) is 12.7 Å². The molecule has 4 heteroatoms. The van der Waals surface area contributed by atoms with Gasteiger partial charge in [-0.05, 0) is 30.2 Å². The number of benzene rings is 1. The van der Waals surface area contributed by atoms with Gasteiger partial charge in [0.05, 0.1) is 17.7 Å². The van der Waals surface area contributed by atoms with Crippen LogP contribution in [0.3, 0.4) is 0 Å². The Morgan fingerprint density at radius 1 is 1.35 bits per heavy atom. The Morgan fingerprint density at radius 2 is 1.88 bits per heavy atom. The molecule has 1 aromatic carbocycles. The zero-order chi connectivity index (χ0) is 13.0. The molecule has 0 spiro atoms. The summed E-state index contributed by atoms with van der Waals surface area (Å²) < 4.78 is 0. The van der Waals surface area contributed by atoms with Crippen LogP contribution < -0.4 is 10.6 Å². The van der Waals surface area contributed by atoms with Crippen molar-refractivity contribution < 1.29 is 4.79 Å². The fraction of sp³-hybridized carbons (Fsp3) is 0.385. The van der Waals surface area contributed by atoms with Gasteiger partial charge < -0.3 is 10.6 Å². The van der Waals surface area contributed by atoms with Crippen molar-refractivity contribution in [3.8, 4) is 6.07 Å². The third kappa shape index (κ3) is 3.05. The molecule has 1 rings (SSSR count). The van der Waals surface area contributed by atoms with E-state index < -0.39 is 6.04 Å². The Morgan fingerprint density at radius 3 is 2.29 bits per heavy atom. The summed E-state index contributed by atoms with van der Waals surface area (Å²) in [5.74, 6) is -0.0203. The number of hydrogen-bond acceptors (Lipinski definition) is 3. The van der Waals surface area contributed by atoms with Crippen LogP contribution in [0.15, 0.2) is 24.3 Å². The maximum atomic E-state index is 12.0. The lowest BCUT2D eigenvalue weighted by molar-refractivity contribution is -0.120. The van der Waals surface area contributed by atoms with E-state index in [1.807, 2.05) is 19.9 Å². The Bertz CT molecular complexity index is 431. The van der Waals surface area contributed by atoms with E-state index in [2.05, 4.69) is 0 Å². The molecular formula is C13H17N3O. The first kappa shape index (κ1) is 13.2. The third-order valence-corrected chi connectivity index (χ3v) is 2.72. The van der Waals surface area contributed by atoms with Gasteiger partial charge in [0.2, 0.25) is 5.91 Å². The van der Waals surface area contributed by atoms with Gasteiger partial charge in [-0.3, -0.25) is 4.79 Å². The van der Waals surface area contributed by atoms with Crippen molar-refractivity contribution in [1.82, 2.24) is 0 Å². The van der Waals surface area contributed by atoms with Crippen LogP contribution >= 0.6 is 0 Å². The van der Waals surface area contributed by atoms with E-state index in [9.17, 15) is 4.79 Å². The minimum Gasteiger partial charge on any atom is -0.320 e. The first-order valence-corrected chi connectivity index (χ1v) is 5.50. The van der Waals surface area contributed by atoms with Crippen LogP contribution in [-0.2, 0) is 4.79 Å². The molecule has 0 fully saturated rings. The summed E-state index contributed by atoms with van der Waals surface area (Å²) in [5.41, 5.74) is 7.12. The average Bonchev–Trinajstić information content (AvgIpc) is 2.36. The summed E-state index contributed by atoms with van der Waals surface area (Å²) in [6.45, 7) is 3.82. The van der Waals surface area contributed by atoms with Crippen molar-refractivity contribution >= 4 is 11.6 Å². The van der Waals surface area contributed by atoms with Crippen molar-refractivity contribution in [2.45, 2.75) is 19.9 Å². The summed E-state index contributed by atoms with van der Waals surface area (Å²) in [5, 5.41) is 8.69. The van der Waals surface area contributed by atoms with Crippen LogP contribution in [0.1, 0.15) is 19.4 Å². The second kappa shape index (κ2) is 5.46. The SMILES string of the molecule is CC(C)[C@@H](N)C(=O)N(C)c1ccc(C#N)cc1. The molecule has 0 heterocycles. The van der Waals surface area contributed by atoms with Crippen LogP contribution in [0.5, 0.6) is 0 Å². The predicted octanol–water partition coefficient (Wildman–Crippen LogP) is 1.50. The molecular weight excluding hydrogens is 214 g/mol. The molecule has 0 aliphatic heterocycles. The van der Waals surface area contributed by atoms with E-state index in [1.165, 1.54) is 4.90 Å². The van der Waals surface area contributed by atoms with Crippen molar-refractivity contribution in [2.24, 2.45) is 11.7 Å². The fourth-order valence-corrected chi connectivity index (χ4v) is 1.40. The van der Waals surface area contributed by atoms with E-state index in [1.54, 1.807) is 31.3 Å². The Hall–Kier alpha value is -1.86. The van der Waals surface area contributed by atoms with Gasteiger partial charge >= 0.3 is 0 Å². The van der Waals surface area contributed by atoms with Gasteiger partial charge in [0.1, 0.15) is 0 Å². The Balaban J connectivity index is 2.85. The molecule has 0 aromatic heterocycles. The fourth-order valence-electron chi connectivity index (χ4n) is 1.40. The quantitative estimate of drug-likeness (QED) is 0.857. The van der Waals surface area contributed by atoms with Crippen LogP contribution in [0.4, 0.5) is 5.69 Å². The van der Waals surface area contributed by atoms with Crippen molar-refractivity contribution in [3.05, 3.63) is 29.8 Å². The second-order valence-electron chi connectivity index (χ2n) is 4.33. The molecule has 0 saturated carbocycles. The normalized spacial score (nSPS) is 12.0. The van der Waals surface area contributed by atoms with Gasteiger partial charge in [-0.15, -0.1) is 0 Å². The molecule has 0 aliphatic carbocycles. The van der Waals surface area contributed by atoms with E-state index in [0.717, 1.165) is 5.69 Å². The number of rotatable bonds is 3. The highest BCUT2D eigenvalue weighted by atomic mass is 16.2. The third-order valence-electron chi connectivity index (χ3n) is 2.72. The van der Waals surface area contributed by atoms with Gasteiger partial charge in [0.25, 0.3) is 0 Å². The van der Waals surface area contributed by atoms with Gasteiger partial charge in [-0.25, -0.2) is 0 Å². The van der Waals surface area contributed by atoms with E-state index >= 15 is 0 Å². The highest BCUT2D eigenvalue weighted by Gasteiger charge is 2.21. The minimum atomic E-state index is -0.504. The number of nitriles is 1. The van der Waals surface area contributed by atoms with Crippen LogP contribution in [0.2, 0.25) is 0 Å². The summed E-state index contributed by atoms with van der Waals surface area (Å²) >= 11 is 0. The lowest BCUT2D eigenvalue weighted by atomic mass is 10.0. The molecule has 0 radical (unpaired) electrons. The number of nitrogens with zero attached hydrogens (tertiary/aromatic N) is 2. The largest absolute Gasteiger partial charge is 0.320 e. The van der Waals surface area contributed by atoms with E-state index in [0.29, 0.717) is 5.56 Å². The summed E-state index contributed by atoms with van der Waals surface area (Å²) in [7, 11) is 1.69. The first-order chi connectivity index (χ1) is 7.97. The molecule has 1 atom stereocenters. The number of carbonyl (C=O) groups excluding carboxylic acids is 1. The highest BCUT2D eigenvalue weighted by molar-refractivity contribution is 5.96. The van der Waals surface area contributed by atoms with Crippen LogP contribution in [0.25, 0.3) is 0 Å². The maximum absolute atomic E-state index is 12.0. The number of nitrogens with two attached hydrogens (primary N) is 1. The van der Waals surface area contributed by atoms with Crippen LogP contribution in [0, 0.1) is 17.2 Å². The molecule has 1 aromatic rings. The van der Waals surface area contributed by atoms with Gasteiger partial charge in [-0.2, -0.15) is 5.26 Å². The molecule has 0 bridgehead atoms. The molecule has 0 aliphatic rings. The minimum absolute atomic E-state index is 0.100. The zero-order valence-corrected chi connectivity index (χ0v) is 10.3. The van der Waals surface area contributed by atoms with Gasteiger partial charge in [-0.1, -0.05) is 13.8 Å². The highest BCUT2D eigenvalue weighted by Crippen LogP contribution is 2.15. The first-order valence-electron chi connectivity index (χ1n) is 5.50. The van der Waals surface area contributed by atoms with Crippen molar-refractivity contribution in [2.75, 3.05) is 11.9 Å². The Kier molecular flexibility index (Phi) is 4.24. The van der Waals surface area contributed by atoms with Gasteiger partial charge in [0.15, 0.2) is 0 Å². The maximum Gasteiger partial charge on any atom is 0.243 e. The molecule has 2 N–H and O–H groups in total. The summed E-state index contributed by atoms with van der Waals surface area (Å²) in [4.78, 5) is 13.5. The standard InChI is InChI=1S/C13H17N3O/c1-9(2)12(15)13(17)16(3)11-6-4-10(8-14)5-7-11/h4-7,9,12H,15H2,1-3H3/t12-/m1/s1. The topological polar surface area (TPSA) is 70.1 Å². The number of likely N-dealkylation sites (N-methyl/N-ethyl adjacent to an activating group) is 1. The monoisotopic (exact) mass is 231 g/mol. The Labute approximate surface area is 102 Å². The molecule has 4 nitrogen and oxygen atoms in total. The van der Waals surface area contributed by atoms with Crippen molar-refractivity contribution in [1.29, 1.82) is 5.26 Å². The zero-order valence-electron chi connectivity index (χ0n) is 10.3. The number of amides is 1. The lowest BCUT2D eigenvalue weighted by Crippen LogP contribution is -2.45. The molecule has 0 saturated heterocycles. The number of hydrogen-bond donors (Lipinski definition) is 1. The summed E-state index contributed by atoms with van der Waals surface area (Å²) in [6, 6.07) is 8.37. The van der Waals surface area contributed by atoms with E-state index in [4.69, 9.17) is 11.0 Å². The molecule has 1 amide bonds. The average molecular weight is 231 g/mol. The molecule has 17 heavy (non-hydrogen) atoms. The summed E-state index contributed by atoms with van der Waals surface area (Å²) in [6.07, 6.45) is 0.